The van der Waals surface area contributed by atoms with Crippen LogP contribution in [-0.2, 0) is 0 Å². The monoisotopic (exact) mass is 217 g/mol. The van der Waals surface area contributed by atoms with Crippen LogP contribution in [0.15, 0.2) is 23.8 Å². The van der Waals surface area contributed by atoms with Crippen LogP contribution in [0.1, 0.15) is 27.2 Å². The Morgan fingerprint density at radius 1 is 1.62 bits per heavy atom. The third kappa shape index (κ3) is 6.27. The summed E-state index contributed by atoms with van der Waals surface area (Å²) >= 11 is 0. The van der Waals surface area contributed by atoms with Crippen LogP contribution in [0, 0.1) is 0 Å². The minimum absolute atomic E-state index is 0.586. The summed E-state index contributed by atoms with van der Waals surface area (Å²) in [6, 6.07) is 0. The fraction of sp³-hybridized carbons (Fsp3) is 0.500. The third-order valence-corrected chi connectivity index (χ3v) is 5.00. The Morgan fingerprint density at radius 2 is 2.23 bits per heavy atom. The van der Waals surface area contributed by atoms with Gasteiger partial charge in [0, 0.05) is 0 Å². The van der Waals surface area contributed by atoms with Gasteiger partial charge in [0.1, 0.15) is 0 Å². The van der Waals surface area contributed by atoms with Crippen LogP contribution < -0.4 is 4.86 Å². The van der Waals surface area contributed by atoms with E-state index in [2.05, 4.69) is 53.5 Å². The third-order valence-electron chi connectivity index (χ3n) is 1.82. The first-order chi connectivity index (χ1) is 6.13. The van der Waals surface area contributed by atoms with Crippen molar-refractivity contribution in [3.63, 3.8) is 0 Å². The molecule has 0 aliphatic heterocycles. The number of rotatable bonds is 5. The standard InChI is InChI=1S/C10H21NP2/c1-5-10(6-2)8-13(11-12)7-9(3)4/h5,8,11,13H,3,6-7,12H2,1-2,4H3/b10-5-. The van der Waals surface area contributed by atoms with E-state index in [-0.39, 0.29) is 0 Å². The van der Waals surface area contributed by atoms with Gasteiger partial charge in [0.15, 0.2) is 0 Å². The van der Waals surface area contributed by atoms with E-state index >= 15 is 0 Å². The van der Waals surface area contributed by atoms with Gasteiger partial charge in [-0.3, -0.25) is 4.86 Å². The second-order valence-electron chi connectivity index (χ2n) is 3.16. The largest absolute Gasteiger partial charge is 0.282 e. The molecule has 3 heteroatoms. The molecular formula is C10H21NP2. The van der Waals surface area contributed by atoms with Crippen molar-refractivity contribution in [3.05, 3.63) is 23.8 Å². The van der Waals surface area contributed by atoms with Crippen molar-refractivity contribution in [2.75, 3.05) is 6.16 Å². The molecule has 0 aliphatic carbocycles. The summed E-state index contributed by atoms with van der Waals surface area (Å²) in [7, 11) is 2.02. The zero-order valence-corrected chi connectivity index (χ0v) is 11.0. The molecule has 0 aromatic carbocycles. The van der Waals surface area contributed by atoms with Gasteiger partial charge in [-0.25, -0.2) is 0 Å². The fourth-order valence-electron chi connectivity index (χ4n) is 1.08. The summed E-state index contributed by atoms with van der Waals surface area (Å²) < 4.78 is 0. The molecule has 0 radical (unpaired) electrons. The van der Waals surface area contributed by atoms with E-state index in [4.69, 9.17) is 0 Å². The minimum atomic E-state index is -0.586. The Balaban J connectivity index is 4.45. The normalized spacial score (nSPS) is 14.6. The zero-order valence-electron chi connectivity index (χ0n) is 8.85. The van der Waals surface area contributed by atoms with Crippen LogP contribution in [0.4, 0.5) is 0 Å². The van der Waals surface area contributed by atoms with Gasteiger partial charge in [-0.05, 0) is 26.4 Å². The van der Waals surface area contributed by atoms with E-state index < -0.39 is 7.70 Å². The molecule has 0 bridgehead atoms. The van der Waals surface area contributed by atoms with Crippen LogP contribution in [0.5, 0.6) is 0 Å². The van der Waals surface area contributed by atoms with E-state index in [0.717, 1.165) is 12.6 Å². The Bertz CT molecular complexity index is 229. The number of allylic oxidation sites excluding steroid dienone is 3. The lowest BCUT2D eigenvalue weighted by molar-refractivity contribution is 1.18. The average molecular weight is 217 g/mol. The van der Waals surface area contributed by atoms with Gasteiger partial charge in [0.2, 0.25) is 0 Å². The first kappa shape index (κ1) is 13.2. The lowest BCUT2D eigenvalue weighted by atomic mass is 10.2. The van der Waals surface area contributed by atoms with Gasteiger partial charge in [-0.1, -0.05) is 53.6 Å². The van der Waals surface area contributed by atoms with Gasteiger partial charge in [-0.15, -0.1) is 0 Å². The molecule has 2 unspecified atom stereocenters. The topological polar surface area (TPSA) is 12.0 Å². The van der Waals surface area contributed by atoms with E-state index in [1.165, 1.54) is 11.1 Å². The van der Waals surface area contributed by atoms with Crippen molar-refractivity contribution in [3.8, 4) is 0 Å². The molecule has 0 saturated carbocycles. The smallest absolute Gasteiger partial charge is 0.00236 e. The molecule has 0 spiro atoms. The average Bonchev–Trinajstić information content (AvgIpc) is 2.11. The number of nitrogens with one attached hydrogen (secondary N) is 1. The maximum atomic E-state index is 3.94. The summed E-state index contributed by atoms with van der Waals surface area (Å²) in [6.07, 6.45) is 4.41. The van der Waals surface area contributed by atoms with E-state index in [1.807, 2.05) is 0 Å². The predicted octanol–water partition coefficient (Wildman–Crippen LogP) is 3.23. The second kappa shape index (κ2) is 7.56. The van der Waals surface area contributed by atoms with Gasteiger partial charge in [0.25, 0.3) is 0 Å². The minimum Gasteiger partial charge on any atom is -0.282 e. The molecule has 76 valence electrons. The molecule has 0 saturated heterocycles. The second-order valence-corrected chi connectivity index (χ2v) is 6.01. The molecule has 0 heterocycles. The van der Waals surface area contributed by atoms with Crippen LogP contribution >= 0.6 is 17.1 Å². The molecule has 13 heavy (non-hydrogen) atoms. The summed E-state index contributed by atoms with van der Waals surface area (Å²) in [5.74, 6) is 2.37. The van der Waals surface area contributed by atoms with E-state index in [9.17, 15) is 0 Å². The molecule has 0 amide bonds. The molecule has 0 fully saturated rings. The number of hydrogen-bond acceptors (Lipinski definition) is 1. The molecule has 0 rings (SSSR count). The van der Waals surface area contributed by atoms with Gasteiger partial charge in [0.05, 0.1) is 0 Å². The van der Waals surface area contributed by atoms with E-state index in [0.29, 0.717) is 0 Å². The van der Waals surface area contributed by atoms with Crippen molar-refractivity contribution in [1.29, 1.82) is 0 Å². The highest BCUT2D eigenvalue weighted by atomic mass is 31.1. The Labute approximate surface area is 85.4 Å². The Hall–Kier alpha value is 0.170. The highest BCUT2D eigenvalue weighted by Gasteiger charge is 1.94. The molecule has 0 aliphatic rings. The van der Waals surface area contributed by atoms with Gasteiger partial charge in [-0.2, -0.15) is 0 Å². The first-order valence-electron chi connectivity index (χ1n) is 4.60. The molecule has 1 nitrogen and oxygen atoms in total. The van der Waals surface area contributed by atoms with Gasteiger partial charge < -0.3 is 0 Å². The van der Waals surface area contributed by atoms with Crippen molar-refractivity contribution in [2.24, 2.45) is 0 Å². The van der Waals surface area contributed by atoms with Crippen molar-refractivity contribution >= 4 is 22.9 Å². The fourth-order valence-corrected chi connectivity index (χ4v) is 3.39. The van der Waals surface area contributed by atoms with Crippen LogP contribution in [0.3, 0.4) is 0 Å². The van der Waals surface area contributed by atoms with Gasteiger partial charge >= 0.3 is 0 Å². The first-order valence-corrected chi connectivity index (χ1v) is 6.97. The summed E-state index contributed by atoms with van der Waals surface area (Å²) in [6.45, 7) is 10.3. The molecule has 0 aromatic heterocycles. The Morgan fingerprint density at radius 3 is 2.54 bits per heavy atom. The summed E-state index contributed by atoms with van der Waals surface area (Å²) in [4.78, 5) is 3.29. The summed E-state index contributed by atoms with van der Waals surface area (Å²) in [5, 5.41) is 0. The number of hydrogen-bond donors (Lipinski definition) is 1. The highest BCUT2D eigenvalue weighted by molar-refractivity contribution is 7.61. The van der Waals surface area contributed by atoms with Crippen LogP contribution in [0.2, 0.25) is 0 Å². The maximum Gasteiger partial charge on any atom is -0.00236 e. The van der Waals surface area contributed by atoms with Crippen LogP contribution in [-0.4, -0.2) is 12.0 Å². The van der Waals surface area contributed by atoms with Crippen molar-refractivity contribution in [2.45, 2.75) is 27.2 Å². The quantitative estimate of drug-likeness (QED) is 0.550. The predicted molar refractivity (Wildman–Crippen MR) is 71.0 cm³/mol. The van der Waals surface area contributed by atoms with Crippen molar-refractivity contribution in [1.82, 2.24) is 4.86 Å². The Kier molecular flexibility index (Phi) is 7.66. The highest BCUT2D eigenvalue weighted by Crippen LogP contribution is 2.23. The van der Waals surface area contributed by atoms with E-state index in [1.54, 1.807) is 0 Å². The maximum absolute atomic E-state index is 3.94. The summed E-state index contributed by atoms with van der Waals surface area (Å²) in [5.41, 5.74) is 2.69. The lowest BCUT2D eigenvalue weighted by Gasteiger charge is -2.07. The molecule has 2 atom stereocenters. The lowest BCUT2D eigenvalue weighted by Crippen LogP contribution is -1.93. The zero-order chi connectivity index (χ0) is 10.3. The molecule has 1 N–H and O–H groups in total. The van der Waals surface area contributed by atoms with Crippen molar-refractivity contribution < 1.29 is 0 Å². The van der Waals surface area contributed by atoms with Crippen LogP contribution in [0.25, 0.3) is 0 Å². The SMILES string of the molecule is C=C(C)C/[PH](=C\C(=C/C)CC)NP. The molecular weight excluding hydrogens is 196 g/mol. The molecule has 0 aromatic rings.